The molecule has 0 aromatic heterocycles. The van der Waals surface area contributed by atoms with Gasteiger partial charge >= 0.3 is 6.18 Å². The molecular formula is C13H17F3N2S2. The molecule has 112 valence electrons. The standard InChI is InChI=1S/C13H17F3N2S2/c1-3-20-7-8(2)18-9-4-5-10(12(17)19)11(6-9)13(14,15)16/h4-6,8,18H,3,7H2,1-2H3,(H2,17,19). The van der Waals surface area contributed by atoms with E-state index in [9.17, 15) is 13.2 Å². The molecule has 0 radical (unpaired) electrons. The maximum absolute atomic E-state index is 13.0. The van der Waals surface area contributed by atoms with Gasteiger partial charge in [0.1, 0.15) is 4.99 Å². The fraction of sp³-hybridized carbons (Fsp3) is 0.462. The Kier molecular flexibility index (Phi) is 6.13. The van der Waals surface area contributed by atoms with Gasteiger partial charge in [0.15, 0.2) is 0 Å². The summed E-state index contributed by atoms with van der Waals surface area (Å²) in [5, 5.41) is 3.05. The Morgan fingerprint density at radius 2 is 2.10 bits per heavy atom. The Labute approximate surface area is 126 Å². The number of thioether (sulfide) groups is 1. The lowest BCUT2D eigenvalue weighted by Crippen LogP contribution is -2.21. The Morgan fingerprint density at radius 3 is 2.60 bits per heavy atom. The molecule has 0 fully saturated rings. The molecule has 1 aromatic rings. The molecule has 0 spiro atoms. The summed E-state index contributed by atoms with van der Waals surface area (Å²) in [6.45, 7) is 3.97. The van der Waals surface area contributed by atoms with E-state index >= 15 is 0 Å². The van der Waals surface area contributed by atoms with Crippen molar-refractivity contribution in [3.63, 3.8) is 0 Å². The lowest BCUT2D eigenvalue weighted by atomic mass is 10.1. The van der Waals surface area contributed by atoms with Gasteiger partial charge in [0.2, 0.25) is 0 Å². The topological polar surface area (TPSA) is 38.0 Å². The first-order chi connectivity index (χ1) is 9.25. The van der Waals surface area contributed by atoms with Gasteiger partial charge in [0, 0.05) is 23.0 Å². The molecule has 0 saturated carbocycles. The van der Waals surface area contributed by atoms with Crippen LogP contribution in [-0.4, -0.2) is 22.5 Å². The predicted octanol–water partition coefficient (Wildman–Crippen LogP) is 3.89. The summed E-state index contributed by atoms with van der Waals surface area (Å²) >= 11 is 6.39. The first-order valence-electron chi connectivity index (χ1n) is 6.11. The molecule has 7 heteroatoms. The molecule has 0 aliphatic carbocycles. The van der Waals surface area contributed by atoms with Crippen LogP contribution >= 0.6 is 24.0 Å². The fourth-order valence-corrected chi connectivity index (χ4v) is 2.55. The summed E-state index contributed by atoms with van der Waals surface area (Å²) in [5.41, 5.74) is 4.81. The molecule has 20 heavy (non-hydrogen) atoms. The number of halogens is 3. The van der Waals surface area contributed by atoms with Crippen LogP contribution in [0.5, 0.6) is 0 Å². The van der Waals surface area contributed by atoms with E-state index in [4.69, 9.17) is 5.73 Å². The molecule has 1 atom stereocenters. The van der Waals surface area contributed by atoms with Gasteiger partial charge in [-0.1, -0.05) is 19.1 Å². The van der Waals surface area contributed by atoms with Crippen LogP contribution in [0.25, 0.3) is 0 Å². The Balaban J connectivity index is 2.98. The highest BCUT2D eigenvalue weighted by Gasteiger charge is 2.34. The van der Waals surface area contributed by atoms with Crippen molar-refractivity contribution in [2.45, 2.75) is 26.1 Å². The minimum Gasteiger partial charge on any atom is -0.389 e. The van der Waals surface area contributed by atoms with Gasteiger partial charge < -0.3 is 11.1 Å². The maximum atomic E-state index is 13.0. The summed E-state index contributed by atoms with van der Waals surface area (Å²) in [5.74, 6) is 1.80. The number of nitrogens with two attached hydrogens (primary N) is 1. The third-order valence-electron chi connectivity index (χ3n) is 2.58. The molecular weight excluding hydrogens is 305 g/mol. The van der Waals surface area contributed by atoms with E-state index in [2.05, 4.69) is 17.5 Å². The van der Waals surface area contributed by atoms with E-state index in [-0.39, 0.29) is 16.6 Å². The number of nitrogens with one attached hydrogen (secondary N) is 1. The Morgan fingerprint density at radius 1 is 1.45 bits per heavy atom. The first kappa shape index (κ1) is 17.1. The minimum atomic E-state index is -4.47. The molecule has 1 unspecified atom stereocenters. The predicted molar refractivity (Wildman–Crippen MR) is 83.4 cm³/mol. The number of benzene rings is 1. The quantitative estimate of drug-likeness (QED) is 0.779. The van der Waals surface area contributed by atoms with Crippen LogP contribution in [0.4, 0.5) is 18.9 Å². The molecule has 1 aromatic carbocycles. The van der Waals surface area contributed by atoms with Crippen LogP contribution in [0, 0.1) is 0 Å². The zero-order valence-corrected chi connectivity index (χ0v) is 12.9. The minimum absolute atomic E-state index is 0.0803. The molecule has 0 heterocycles. The molecule has 0 saturated heterocycles. The van der Waals surface area contributed by atoms with Gasteiger partial charge in [-0.25, -0.2) is 0 Å². The summed E-state index contributed by atoms with van der Waals surface area (Å²) in [6.07, 6.45) is -4.47. The summed E-state index contributed by atoms with van der Waals surface area (Å²) in [6, 6.07) is 4.02. The highest BCUT2D eigenvalue weighted by molar-refractivity contribution is 7.99. The van der Waals surface area contributed by atoms with E-state index in [0.29, 0.717) is 5.69 Å². The lowest BCUT2D eigenvalue weighted by Gasteiger charge is -2.18. The zero-order chi connectivity index (χ0) is 15.3. The van der Waals surface area contributed by atoms with Crippen molar-refractivity contribution in [1.82, 2.24) is 0 Å². The van der Waals surface area contributed by atoms with Crippen LogP contribution in [-0.2, 0) is 6.18 Å². The van der Waals surface area contributed by atoms with Gasteiger partial charge in [0.05, 0.1) is 5.56 Å². The molecule has 0 aliphatic rings. The summed E-state index contributed by atoms with van der Waals surface area (Å²) in [7, 11) is 0. The van der Waals surface area contributed by atoms with Crippen molar-refractivity contribution in [3.05, 3.63) is 29.3 Å². The number of hydrogen-bond donors (Lipinski definition) is 2. The Bertz CT molecular complexity index is 475. The van der Waals surface area contributed by atoms with E-state index in [0.717, 1.165) is 17.6 Å². The van der Waals surface area contributed by atoms with Crippen LogP contribution in [0.1, 0.15) is 25.0 Å². The third-order valence-corrected chi connectivity index (χ3v) is 3.94. The fourth-order valence-electron chi connectivity index (χ4n) is 1.70. The van der Waals surface area contributed by atoms with Crippen molar-refractivity contribution in [2.24, 2.45) is 5.73 Å². The summed E-state index contributed by atoms with van der Waals surface area (Å²) in [4.78, 5) is -0.251. The molecule has 1 rings (SSSR count). The van der Waals surface area contributed by atoms with Crippen molar-refractivity contribution in [2.75, 3.05) is 16.8 Å². The summed E-state index contributed by atoms with van der Waals surface area (Å²) < 4.78 is 38.9. The average Bonchev–Trinajstić information content (AvgIpc) is 2.35. The number of anilines is 1. The largest absolute Gasteiger partial charge is 0.417 e. The number of rotatable bonds is 6. The van der Waals surface area contributed by atoms with Crippen LogP contribution in [0.2, 0.25) is 0 Å². The van der Waals surface area contributed by atoms with Crippen LogP contribution in [0.3, 0.4) is 0 Å². The molecule has 2 nitrogen and oxygen atoms in total. The van der Waals surface area contributed by atoms with Crippen molar-refractivity contribution < 1.29 is 13.2 Å². The van der Waals surface area contributed by atoms with E-state index in [1.54, 1.807) is 17.8 Å². The lowest BCUT2D eigenvalue weighted by molar-refractivity contribution is -0.137. The number of alkyl halides is 3. The van der Waals surface area contributed by atoms with Gasteiger partial charge in [-0.05, 0) is 30.9 Å². The number of hydrogen-bond acceptors (Lipinski definition) is 3. The van der Waals surface area contributed by atoms with E-state index in [1.807, 2.05) is 13.8 Å². The van der Waals surface area contributed by atoms with Crippen LogP contribution < -0.4 is 11.1 Å². The van der Waals surface area contributed by atoms with Gasteiger partial charge in [0.25, 0.3) is 0 Å². The average molecular weight is 322 g/mol. The normalized spacial score (nSPS) is 13.1. The van der Waals surface area contributed by atoms with Gasteiger partial charge in [-0.3, -0.25) is 0 Å². The highest BCUT2D eigenvalue weighted by Crippen LogP contribution is 2.34. The molecule has 3 N–H and O–H groups in total. The van der Waals surface area contributed by atoms with Crippen molar-refractivity contribution in [3.8, 4) is 0 Å². The smallest absolute Gasteiger partial charge is 0.389 e. The highest BCUT2D eigenvalue weighted by atomic mass is 32.2. The molecule has 0 bridgehead atoms. The third kappa shape index (κ3) is 4.86. The zero-order valence-electron chi connectivity index (χ0n) is 11.3. The van der Waals surface area contributed by atoms with Crippen molar-refractivity contribution >= 4 is 34.7 Å². The SMILES string of the molecule is CCSCC(C)Nc1ccc(C(N)=S)c(C(F)(F)F)c1. The van der Waals surface area contributed by atoms with E-state index in [1.165, 1.54) is 6.07 Å². The Hall–Kier alpha value is -0.950. The van der Waals surface area contributed by atoms with Gasteiger partial charge in [-0.2, -0.15) is 24.9 Å². The van der Waals surface area contributed by atoms with Gasteiger partial charge in [-0.15, -0.1) is 0 Å². The molecule has 0 amide bonds. The second-order valence-electron chi connectivity index (χ2n) is 4.33. The monoisotopic (exact) mass is 322 g/mol. The number of thiocarbonyl (C=S) groups is 1. The van der Waals surface area contributed by atoms with E-state index < -0.39 is 11.7 Å². The first-order valence-corrected chi connectivity index (χ1v) is 7.67. The second-order valence-corrected chi connectivity index (χ2v) is 6.09. The molecule has 0 aliphatic heterocycles. The van der Waals surface area contributed by atoms with Crippen molar-refractivity contribution in [1.29, 1.82) is 0 Å². The van der Waals surface area contributed by atoms with Crippen LogP contribution in [0.15, 0.2) is 18.2 Å². The second kappa shape index (κ2) is 7.17. The maximum Gasteiger partial charge on any atom is 0.417 e.